The van der Waals surface area contributed by atoms with Gasteiger partial charge in [-0.05, 0) is 42.9 Å². The van der Waals surface area contributed by atoms with Crippen molar-refractivity contribution >= 4 is 17.5 Å². The van der Waals surface area contributed by atoms with Gasteiger partial charge < -0.3 is 10.2 Å². The van der Waals surface area contributed by atoms with Crippen LogP contribution in [-0.2, 0) is 6.42 Å². The molecular formula is C19H24N4O. The lowest BCUT2D eigenvalue weighted by atomic mass is 10.0. The number of benzene rings is 1. The molecule has 3 rings (SSSR count). The Morgan fingerprint density at radius 2 is 2.12 bits per heavy atom. The van der Waals surface area contributed by atoms with Gasteiger partial charge >= 0.3 is 0 Å². The van der Waals surface area contributed by atoms with Crippen molar-refractivity contribution in [2.45, 2.75) is 33.1 Å². The van der Waals surface area contributed by atoms with E-state index >= 15 is 0 Å². The number of carbonyl (C=O) groups excluding carboxylic acids is 1. The maximum atomic E-state index is 12.3. The van der Waals surface area contributed by atoms with E-state index in [2.05, 4.69) is 52.2 Å². The van der Waals surface area contributed by atoms with Gasteiger partial charge in [-0.1, -0.05) is 32.0 Å². The van der Waals surface area contributed by atoms with E-state index in [9.17, 15) is 4.79 Å². The Balaban J connectivity index is 1.78. The van der Waals surface area contributed by atoms with Gasteiger partial charge in [-0.3, -0.25) is 4.79 Å². The molecule has 0 aliphatic carbocycles. The first-order chi connectivity index (χ1) is 11.6. The van der Waals surface area contributed by atoms with Crippen LogP contribution in [-0.4, -0.2) is 29.0 Å². The van der Waals surface area contributed by atoms with Crippen LogP contribution >= 0.6 is 0 Å². The minimum atomic E-state index is -0.135. The lowest BCUT2D eigenvalue weighted by Gasteiger charge is -2.29. The Morgan fingerprint density at radius 1 is 1.29 bits per heavy atom. The summed E-state index contributed by atoms with van der Waals surface area (Å²) in [5.41, 5.74) is 2.87. The number of nitrogens with zero attached hydrogens (tertiary/aromatic N) is 3. The first-order valence-electron chi connectivity index (χ1n) is 8.62. The van der Waals surface area contributed by atoms with Crippen molar-refractivity contribution < 1.29 is 4.79 Å². The highest BCUT2D eigenvalue weighted by atomic mass is 16.1. The van der Waals surface area contributed by atoms with Crippen molar-refractivity contribution in [1.29, 1.82) is 0 Å². The normalized spacial score (nSPS) is 13.7. The number of rotatable bonds is 5. The SMILES string of the molecule is CC(C)CCNC(=O)c1ccnc(N2CCCc3ccccc32)n1. The summed E-state index contributed by atoms with van der Waals surface area (Å²) in [6.07, 6.45) is 4.76. The standard InChI is InChI=1S/C19H24N4O/c1-14(2)9-11-20-18(24)16-10-12-21-19(22-16)23-13-5-7-15-6-3-4-8-17(15)23/h3-4,6,8,10,12,14H,5,7,9,11,13H2,1-2H3,(H,20,24). The van der Waals surface area contributed by atoms with Gasteiger partial charge in [-0.2, -0.15) is 0 Å². The molecule has 2 heterocycles. The number of hydrogen-bond acceptors (Lipinski definition) is 4. The average molecular weight is 324 g/mol. The molecule has 2 aromatic rings. The Kier molecular flexibility index (Phi) is 5.08. The third-order valence-electron chi connectivity index (χ3n) is 4.23. The fourth-order valence-corrected chi connectivity index (χ4v) is 2.91. The molecule has 1 N–H and O–H groups in total. The Bertz CT molecular complexity index is 714. The lowest BCUT2D eigenvalue weighted by molar-refractivity contribution is 0.0947. The molecule has 0 bridgehead atoms. The second-order valence-electron chi connectivity index (χ2n) is 6.56. The largest absolute Gasteiger partial charge is 0.351 e. The van der Waals surface area contributed by atoms with Crippen LogP contribution in [0.1, 0.15) is 42.7 Å². The van der Waals surface area contributed by atoms with E-state index in [4.69, 9.17) is 0 Å². The predicted molar refractivity (Wildman–Crippen MR) is 95.6 cm³/mol. The molecule has 1 amide bonds. The molecule has 0 saturated carbocycles. The van der Waals surface area contributed by atoms with Gasteiger partial charge in [0.1, 0.15) is 5.69 Å². The molecule has 0 unspecified atom stereocenters. The van der Waals surface area contributed by atoms with Crippen LogP contribution in [0.2, 0.25) is 0 Å². The highest BCUT2D eigenvalue weighted by molar-refractivity contribution is 5.92. The van der Waals surface area contributed by atoms with E-state index < -0.39 is 0 Å². The molecule has 126 valence electrons. The molecule has 0 atom stereocenters. The summed E-state index contributed by atoms with van der Waals surface area (Å²) in [5.74, 6) is 1.03. The summed E-state index contributed by atoms with van der Waals surface area (Å²) < 4.78 is 0. The third kappa shape index (κ3) is 3.72. The van der Waals surface area contributed by atoms with Gasteiger partial charge in [0.25, 0.3) is 5.91 Å². The summed E-state index contributed by atoms with van der Waals surface area (Å²) in [6, 6.07) is 9.99. The Hall–Kier alpha value is -2.43. The minimum absolute atomic E-state index is 0.135. The molecule has 0 spiro atoms. The van der Waals surface area contributed by atoms with Crippen LogP contribution in [0.5, 0.6) is 0 Å². The summed E-state index contributed by atoms with van der Waals surface area (Å²) in [7, 11) is 0. The molecule has 1 aromatic carbocycles. The van der Waals surface area contributed by atoms with E-state index in [0.29, 0.717) is 24.1 Å². The zero-order valence-electron chi connectivity index (χ0n) is 14.3. The van der Waals surface area contributed by atoms with Crippen LogP contribution in [0, 0.1) is 5.92 Å². The van der Waals surface area contributed by atoms with E-state index in [1.54, 1.807) is 12.3 Å². The molecule has 1 aromatic heterocycles. The molecule has 1 aliphatic heterocycles. The van der Waals surface area contributed by atoms with Gasteiger partial charge in [-0.15, -0.1) is 0 Å². The summed E-state index contributed by atoms with van der Waals surface area (Å²) >= 11 is 0. The molecule has 0 fully saturated rings. The lowest BCUT2D eigenvalue weighted by Crippen LogP contribution is -2.29. The minimum Gasteiger partial charge on any atom is -0.351 e. The number of amides is 1. The van der Waals surface area contributed by atoms with Crippen molar-refractivity contribution in [3.63, 3.8) is 0 Å². The van der Waals surface area contributed by atoms with Crippen molar-refractivity contribution in [2.24, 2.45) is 5.92 Å². The second kappa shape index (κ2) is 7.43. The van der Waals surface area contributed by atoms with Crippen molar-refractivity contribution in [3.8, 4) is 0 Å². The van der Waals surface area contributed by atoms with Crippen molar-refractivity contribution in [2.75, 3.05) is 18.0 Å². The maximum Gasteiger partial charge on any atom is 0.270 e. The van der Waals surface area contributed by atoms with E-state index in [-0.39, 0.29) is 5.91 Å². The van der Waals surface area contributed by atoms with Gasteiger partial charge in [0.2, 0.25) is 5.95 Å². The number of fused-ring (bicyclic) bond motifs is 1. The zero-order chi connectivity index (χ0) is 16.9. The van der Waals surface area contributed by atoms with Crippen LogP contribution in [0.25, 0.3) is 0 Å². The van der Waals surface area contributed by atoms with E-state index in [0.717, 1.165) is 31.5 Å². The number of aryl methyl sites for hydroxylation is 1. The Labute approximate surface area is 143 Å². The number of para-hydroxylation sites is 1. The smallest absolute Gasteiger partial charge is 0.270 e. The summed E-state index contributed by atoms with van der Waals surface area (Å²) in [4.78, 5) is 23.3. The molecule has 5 heteroatoms. The monoisotopic (exact) mass is 324 g/mol. The fraction of sp³-hybridized carbons (Fsp3) is 0.421. The van der Waals surface area contributed by atoms with Gasteiger partial charge in [-0.25, -0.2) is 9.97 Å². The fourth-order valence-electron chi connectivity index (χ4n) is 2.91. The predicted octanol–water partition coefficient (Wildman–Crippen LogP) is 3.34. The topological polar surface area (TPSA) is 58.1 Å². The quantitative estimate of drug-likeness (QED) is 0.916. The molecule has 24 heavy (non-hydrogen) atoms. The van der Waals surface area contributed by atoms with E-state index in [1.807, 2.05) is 6.07 Å². The van der Waals surface area contributed by atoms with E-state index in [1.165, 1.54) is 5.56 Å². The van der Waals surface area contributed by atoms with Gasteiger partial charge in [0.15, 0.2) is 0 Å². The first kappa shape index (κ1) is 16.4. The van der Waals surface area contributed by atoms with Crippen molar-refractivity contribution in [1.82, 2.24) is 15.3 Å². The van der Waals surface area contributed by atoms with Gasteiger partial charge in [0.05, 0.1) is 0 Å². The molecule has 0 saturated heterocycles. The first-order valence-corrected chi connectivity index (χ1v) is 8.62. The highest BCUT2D eigenvalue weighted by Crippen LogP contribution is 2.31. The average Bonchev–Trinajstić information content (AvgIpc) is 2.61. The summed E-state index contributed by atoms with van der Waals surface area (Å²) in [5, 5.41) is 2.93. The van der Waals surface area contributed by atoms with Crippen LogP contribution in [0.4, 0.5) is 11.6 Å². The number of carbonyl (C=O) groups is 1. The zero-order valence-corrected chi connectivity index (χ0v) is 14.3. The number of anilines is 2. The third-order valence-corrected chi connectivity index (χ3v) is 4.23. The molecule has 1 aliphatic rings. The van der Waals surface area contributed by atoms with Crippen molar-refractivity contribution in [3.05, 3.63) is 47.8 Å². The number of nitrogens with one attached hydrogen (secondary N) is 1. The molecular weight excluding hydrogens is 300 g/mol. The van der Waals surface area contributed by atoms with Crippen LogP contribution < -0.4 is 10.2 Å². The molecule has 0 radical (unpaired) electrons. The Morgan fingerprint density at radius 3 is 2.96 bits per heavy atom. The second-order valence-corrected chi connectivity index (χ2v) is 6.56. The number of hydrogen-bond donors (Lipinski definition) is 1. The number of aromatic nitrogens is 2. The van der Waals surface area contributed by atoms with Gasteiger partial charge in [0, 0.05) is 25.0 Å². The maximum absolute atomic E-state index is 12.3. The van der Waals surface area contributed by atoms with Crippen LogP contribution in [0.15, 0.2) is 36.5 Å². The van der Waals surface area contributed by atoms with Crippen LogP contribution in [0.3, 0.4) is 0 Å². The summed E-state index contributed by atoms with van der Waals surface area (Å²) in [6.45, 7) is 5.82. The molecule has 5 nitrogen and oxygen atoms in total. The highest BCUT2D eigenvalue weighted by Gasteiger charge is 2.20.